The number of imidazole rings is 1. The second-order valence-electron chi connectivity index (χ2n) is 9.39. The van der Waals surface area contributed by atoms with Crippen LogP contribution < -0.4 is 5.32 Å². The second-order valence-corrected chi connectivity index (χ2v) is 11.0. The second kappa shape index (κ2) is 9.67. The number of oxazole rings is 1. The standard InChI is InChI=1S/C24H27ClN6O3S/c1-12(2)7-20-29-16-9-26-15(23-28-13(3)11-34-23)8-18(16)31(20)17-6-4-5-14(21(17)32)30-22(33)24-27-10-19(25)35-24/h8-12,14,17,21,32H,4-7H2,1-3H3,(H,30,33). The summed E-state index contributed by atoms with van der Waals surface area (Å²) in [7, 11) is 0. The Morgan fingerprint density at radius 3 is 2.83 bits per heavy atom. The van der Waals surface area contributed by atoms with Crippen molar-refractivity contribution in [2.24, 2.45) is 5.92 Å². The lowest BCUT2D eigenvalue weighted by molar-refractivity contribution is 0.0402. The average molecular weight is 515 g/mol. The van der Waals surface area contributed by atoms with Crippen molar-refractivity contribution in [3.63, 3.8) is 0 Å². The number of pyridine rings is 1. The number of thiazole rings is 1. The molecule has 2 N–H and O–H groups in total. The third kappa shape index (κ3) is 4.82. The van der Waals surface area contributed by atoms with Crippen LogP contribution >= 0.6 is 22.9 Å². The maximum Gasteiger partial charge on any atom is 0.280 e. The summed E-state index contributed by atoms with van der Waals surface area (Å²) in [5, 5.41) is 14.7. The van der Waals surface area contributed by atoms with Crippen LogP contribution in [0.5, 0.6) is 0 Å². The Bertz CT molecular complexity index is 1360. The lowest BCUT2D eigenvalue weighted by atomic mass is 9.87. The molecule has 184 valence electrons. The van der Waals surface area contributed by atoms with Crippen molar-refractivity contribution in [1.29, 1.82) is 0 Å². The van der Waals surface area contributed by atoms with Gasteiger partial charge in [-0.3, -0.25) is 4.79 Å². The molecule has 1 saturated carbocycles. The quantitative estimate of drug-likeness (QED) is 0.386. The lowest BCUT2D eigenvalue weighted by Gasteiger charge is -2.37. The van der Waals surface area contributed by atoms with Crippen LogP contribution in [-0.4, -0.2) is 47.7 Å². The van der Waals surface area contributed by atoms with Crippen LogP contribution in [0.25, 0.3) is 22.6 Å². The van der Waals surface area contributed by atoms with Gasteiger partial charge >= 0.3 is 0 Å². The zero-order chi connectivity index (χ0) is 24.7. The van der Waals surface area contributed by atoms with E-state index >= 15 is 0 Å². The normalized spacial score (nSPS) is 20.6. The average Bonchev–Trinajstić information content (AvgIpc) is 3.53. The predicted molar refractivity (Wildman–Crippen MR) is 134 cm³/mol. The van der Waals surface area contributed by atoms with Gasteiger partial charge in [0.2, 0.25) is 5.89 Å². The van der Waals surface area contributed by atoms with E-state index in [4.69, 9.17) is 21.0 Å². The van der Waals surface area contributed by atoms with Crippen LogP contribution in [0.3, 0.4) is 0 Å². The molecule has 0 aromatic carbocycles. The smallest absolute Gasteiger partial charge is 0.280 e. The Morgan fingerprint density at radius 2 is 2.14 bits per heavy atom. The molecule has 4 aromatic heterocycles. The molecule has 5 rings (SSSR count). The van der Waals surface area contributed by atoms with Gasteiger partial charge in [0, 0.05) is 6.42 Å². The van der Waals surface area contributed by atoms with E-state index < -0.39 is 12.1 Å². The molecule has 4 aromatic rings. The minimum absolute atomic E-state index is 0.255. The highest BCUT2D eigenvalue weighted by Gasteiger charge is 2.36. The van der Waals surface area contributed by atoms with Crippen LogP contribution in [0.1, 0.15) is 60.5 Å². The summed E-state index contributed by atoms with van der Waals surface area (Å²) in [6, 6.07) is 1.25. The van der Waals surface area contributed by atoms with Gasteiger partial charge in [0.25, 0.3) is 5.91 Å². The molecule has 11 heteroatoms. The number of nitrogens with one attached hydrogen (secondary N) is 1. The van der Waals surface area contributed by atoms with Gasteiger partial charge in [-0.05, 0) is 38.2 Å². The van der Waals surface area contributed by atoms with Gasteiger partial charge in [0.15, 0.2) is 5.01 Å². The minimum Gasteiger partial charge on any atom is -0.443 e. The first-order valence-electron chi connectivity index (χ1n) is 11.7. The maximum absolute atomic E-state index is 12.7. The Labute approximate surface area is 211 Å². The zero-order valence-electron chi connectivity index (χ0n) is 19.7. The van der Waals surface area contributed by atoms with Gasteiger partial charge in [0.1, 0.15) is 27.6 Å². The summed E-state index contributed by atoms with van der Waals surface area (Å²) >= 11 is 7.06. The Kier molecular flexibility index (Phi) is 6.61. The Balaban J connectivity index is 1.51. The van der Waals surface area contributed by atoms with Crippen molar-refractivity contribution >= 4 is 39.9 Å². The van der Waals surface area contributed by atoms with Crippen molar-refractivity contribution in [3.05, 3.63) is 45.6 Å². The fourth-order valence-corrected chi connectivity index (χ4v) is 5.52. The summed E-state index contributed by atoms with van der Waals surface area (Å²) in [4.78, 5) is 30.6. The number of aromatic nitrogens is 5. The van der Waals surface area contributed by atoms with Crippen LogP contribution in [0.4, 0.5) is 0 Å². The number of amides is 1. The van der Waals surface area contributed by atoms with E-state index in [1.807, 2.05) is 13.0 Å². The van der Waals surface area contributed by atoms with E-state index in [1.54, 1.807) is 12.5 Å². The lowest BCUT2D eigenvalue weighted by Crippen LogP contribution is -2.49. The largest absolute Gasteiger partial charge is 0.443 e. The molecule has 35 heavy (non-hydrogen) atoms. The van der Waals surface area contributed by atoms with E-state index in [0.717, 1.165) is 53.2 Å². The molecular formula is C24H27ClN6O3S. The van der Waals surface area contributed by atoms with E-state index in [0.29, 0.717) is 28.3 Å². The van der Waals surface area contributed by atoms with Crippen molar-refractivity contribution in [2.45, 2.75) is 64.6 Å². The number of rotatable bonds is 6. The maximum atomic E-state index is 12.7. The first-order chi connectivity index (χ1) is 16.8. The highest BCUT2D eigenvalue weighted by Crippen LogP contribution is 2.35. The summed E-state index contributed by atoms with van der Waals surface area (Å²) in [6.07, 6.45) is 7.02. The number of halogens is 1. The molecule has 0 spiro atoms. The molecule has 0 bridgehead atoms. The van der Waals surface area contributed by atoms with Gasteiger partial charge in [-0.15, -0.1) is 0 Å². The van der Waals surface area contributed by atoms with E-state index in [2.05, 4.69) is 38.7 Å². The first-order valence-corrected chi connectivity index (χ1v) is 12.9. The first kappa shape index (κ1) is 23.9. The third-order valence-corrected chi connectivity index (χ3v) is 7.33. The molecule has 3 atom stereocenters. The number of aliphatic hydroxyl groups excluding tert-OH is 1. The number of nitrogens with zero attached hydrogens (tertiary/aromatic N) is 5. The molecule has 9 nitrogen and oxygen atoms in total. The van der Waals surface area contributed by atoms with Crippen molar-refractivity contribution in [3.8, 4) is 11.6 Å². The molecule has 3 unspecified atom stereocenters. The van der Waals surface area contributed by atoms with Gasteiger partial charge in [-0.25, -0.2) is 19.9 Å². The number of aryl methyl sites for hydroxylation is 1. The molecule has 0 radical (unpaired) electrons. The third-order valence-electron chi connectivity index (χ3n) is 6.22. The van der Waals surface area contributed by atoms with Crippen molar-refractivity contribution < 1.29 is 14.3 Å². The predicted octanol–water partition coefficient (Wildman–Crippen LogP) is 4.59. The number of aliphatic hydroxyl groups is 1. The molecule has 1 aliphatic carbocycles. The van der Waals surface area contributed by atoms with Crippen LogP contribution in [0, 0.1) is 12.8 Å². The zero-order valence-corrected chi connectivity index (χ0v) is 21.3. The van der Waals surface area contributed by atoms with Crippen molar-refractivity contribution in [2.75, 3.05) is 0 Å². The van der Waals surface area contributed by atoms with Gasteiger partial charge in [0.05, 0.1) is 41.8 Å². The van der Waals surface area contributed by atoms with Crippen molar-refractivity contribution in [1.82, 2.24) is 29.8 Å². The molecular weight excluding hydrogens is 488 g/mol. The van der Waals surface area contributed by atoms with Crippen LogP contribution in [-0.2, 0) is 6.42 Å². The fourth-order valence-electron chi connectivity index (χ4n) is 4.70. The van der Waals surface area contributed by atoms with Crippen LogP contribution in [0.2, 0.25) is 4.34 Å². The van der Waals surface area contributed by atoms with Gasteiger partial charge in [-0.1, -0.05) is 36.8 Å². The topological polar surface area (TPSA) is 119 Å². The summed E-state index contributed by atoms with van der Waals surface area (Å²) < 4.78 is 8.14. The molecule has 1 fully saturated rings. The van der Waals surface area contributed by atoms with E-state index in [9.17, 15) is 9.90 Å². The number of carbonyl (C=O) groups excluding carboxylic acids is 1. The van der Waals surface area contributed by atoms with Gasteiger partial charge < -0.3 is 19.4 Å². The fraction of sp³-hybridized carbons (Fsp3) is 0.458. The summed E-state index contributed by atoms with van der Waals surface area (Å²) in [6.45, 7) is 6.15. The SMILES string of the molecule is Cc1coc(-c2cc3c(cn2)nc(CC(C)C)n3C2CCCC(NC(=O)c3ncc(Cl)s3)C2O)n1. The number of hydrogen-bond acceptors (Lipinski definition) is 8. The minimum atomic E-state index is -0.799. The van der Waals surface area contributed by atoms with Crippen LogP contribution in [0.15, 0.2) is 29.1 Å². The van der Waals surface area contributed by atoms with E-state index in [-0.39, 0.29) is 17.0 Å². The summed E-state index contributed by atoms with van der Waals surface area (Å²) in [5.74, 6) is 1.38. The number of hydrogen-bond donors (Lipinski definition) is 2. The Morgan fingerprint density at radius 1 is 1.31 bits per heavy atom. The molecule has 0 aliphatic heterocycles. The highest BCUT2D eigenvalue weighted by atomic mass is 35.5. The number of fused-ring (bicyclic) bond motifs is 1. The van der Waals surface area contributed by atoms with E-state index in [1.165, 1.54) is 6.20 Å². The summed E-state index contributed by atoms with van der Waals surface area (Å²) in [5.41, 5.74) is 3.00. The molecule has 1 amide bonds. The molecule has 0 saturated heterocycles. The number of carbonyl (C=O) groups is 1. The monoisotopic (exact) mass is 514 g/mol. The molecule has 4 heterocycles. The molecule has 1 aliphatic rings. The van der Waals surface area contributed by atoms with Gasteiger partial charge in [-0.2, -0.15) is 0 Å². The Hall–Kier alpha value is -2.82. The highest BCUT2D eigenvalue weighted by molar-refractivity contribution is 7.17.